The van der Waals surface area contributed by atoms with Gasteiger partial charge in [0.05, 0.1) is 28.6 Å². The molecule has 0 saturated carbocycles. The van der Waals surface area contributed by atoms with E-state index in [0.717, 1.165) is 30.7 Å². The number of imidazole rings is 1. The van der Waals surface area contributed by atoms with E-state index in [9.17, 15) is 13.2 Å². The lowest BCUT2D eigenvalue weighted by Crippen LogP contribution is -2.45. The lowest BCUT2D eigenvalue weighted by Gasteiger charge is -2.32. The molecule has 2 heterocycles. The molecule has 28 heavy (non-hydrogen) atoms. The molecule has 1 aromatic carbocycles. The van der Waals surface area contributed by atoms with E-state index < -0.39 is 10.0 Å². The molecule has 0 aliphatic carbocycles. The van der Waals surface area contributed by atoms with Gasteiger partial charge in [0, 0.05) is 32.5 Å². The molecule has 9 heteroatoms. The maximum Gasteiger partial charge on any atom is 0.238 e. The molecule has 1 aromatic heterocycles. The Balaban J connectivity index is 1.79. The molecule has 0 spiro atoms. The first-order chi connectivity index (χ1) is 13.3. The van der Waals surface area contributed by atoms with Crippen molar-refractivity contribution >= 4 is 27.0 Å². The smallest absolute Gasteiger partial charge is 0.238 e. The minimum absolute atomic E-state index is 0.0442. The van der Waals surface area contributed by atoms with Gasteiger partial charge in [-0.05, 0) is 31.0 Å². The van der Waals surface area contributed by atoms with Gasteiger partial charge in [-0.3, -0.25) is 4.79 Å². The standard InChI is InChI=1S/C19H28N4O4S/c1-3-9-23-17-6-5-15(28(20,25)26)12-16(17)21-18(23)7-8-19(24)22-10-11-27-14(4-2)13-22/h5-6,12,14H,3-4,7-11,13H2,1-2H3,(H2,20,25,26). The summed E-state index contributed by atoms with van der Waals surface area (Å²) in [6.07, 6.45) is 2.78. The number of nitrogens with zero attached hydrogens (tertiary/aromatic N) is 3. The number of fused-ring (bicyclic) bond motifs is 1. The minimum Gasteiger partial charge on any atom is -0.375 e. The molecule has 2 N–H and O–H groups in total. The number of aryl methyl sites for hydroxylation is 2. The first-order valence-electron chi connectivity index (χ1n) is 9.74. The van der Waals surface area contributed by atoms with Crippen molar-refractivity contribution in [3.8, 4) is 0 Å². The second-order valence-corrected chi connectivity index (χ2v) is 8.68. The van der Waals surface area contributed by atoms with Crippen molar-refractivity contribution in [3.05, 3.63) is 24.0 Å². The van der Waals surface area contributed by atoms with Crippen LogP contribution in [0.5, 0.6) is 0 Å². The van der Waals surface area contributed by atoms with Crippen molar-refractivity contribution in [2.45, 2.75) is 57.1 Å². The summed E-state index contributed by atoms with van der Waals surface area (Å²) in [6.45, 7) is 6.72. The van der Waals surface area contributed by atoms with Crippen molar-refractivity contribution in [2.24, 2.45) is 5.14 Å². The van der Waals surface area contributed by atoms with Gasteiger partial charge in [-0.2, -0.15) is 0 Å². The molecule has 0 radical (unpaired) electrons. The van der Waals surface area contributed by atoms with E-state index in [0.29, 0.717) is 38.1 Å². The first kappa shape index (κ1) is 20.8. The number of benzene rings is 1. The maximum atomic E-state index is 12.6. The average Bonchev–Trinajstić information content (AvgIpc) is 3.02. The predicted molar refractivity (Wildman–Crippen MR) is 106 cm³/mol. The van der Waals surface area contributed by atoms with Gasteiger partial charge in [0.15, 0.2) is 0 Å². The van der Waals surface area contributed by atoms with E-state index >= 15 is 0 Å². The van der Waals surface area contributed by atoms with Gasteiger partial charge >= 0.3 is 0 Å². The fourth-order valence-corrected chi connectivity index (χ4v) is 4.10. The number of carbonyl (C=O) groups excluding carboxylic acids is 1. The Kier molecular flexibility index (Phi) is 6.36. The van der Waals surface area contributed by atoms with Crippen molar-refractivity contribution in [1.29, 1.82) is 0 Å². The molecule has 1 atom stereocenters. The topological polar surface area (TPSA) is 108 Å². The molecule has 1 aliphatic heterocycles. The lowest BCUT2D eigenvalue weighted by molar-refractivity contribution is -0.138. The Labute approximate surface area is 165 Å². The third-order valence-corrected chi connectivity index (χ3v) is 5.99. The number of primary sulfonamides is 1. The number of hydrogen-bond donors (Lipinski definition) is 1. The van der Waals surface area contributed by atoms with Crippen LogP contribution in [-0.2, 0) is 32.5 Å². The zero-order valence-corrected chi connectivity index (χ0v) is 17.2. The summed E-state index contributed by atoms with van der Waals surface area (Å²) < 4.78 is 30.9. The van der Waals surface area contributed by atoms with Crippen LogP contribution >= 0.6 is 0 Å². The number of amides is 1. The minimum atomic E-state index is -3.78. The molecule has 2 aromatic rings. The van der Waals surface area contributed by atoms with Gasteiger partial charge in [-0.15, -0.1) is 0 Å². The number of morpholine rings is 1. The lowest BCUT2D eigenvalue weighted by atomic mass is 10.2. The Morgan fingerprint density at radius 1 is 1.36 bits per heavy atom. The van der Waals surface area contributed by atoms with Gasteiger partial charge in [0.2, 0.25) is 15.9 Å². The zero-order chi connectivity index (χ0) is 20.3. The van der Waals surface area contributed by atoms with Crippen LogP contribution in [0.2, 0.25) is 0 Å². The summed E-state index contributed by atoms with van der Waals surface area (Å²) in [5.41, 5.74) is 1.44. The second-order valence-electron chi connectivity index (χ2n) is 7.12. The highest BCUT2D eigenvalue weighted by atomic mass is 32.2. The van der Waals surface area contributed by atoms with Crippen LogP contribution in [0.1, 0.15) is 38.9 Å². The number of aromatic nitrogens is 2. The number of nitrogens with two attached hydrogens (primary N) is 1. The molecule has 0 bridgehead atoms. The van der Waals surface area contributed by atoms with Crippen molar-refractivity contribution in [1.82, 2.24) is 14.5 Å². The van der Waals surface area contributed by atoms with Crippen LogP contribution in [0, 0.1) is 0 Å². The first-order valence-corrected chi connectivity index (χ1v) is 11.3. The molecule has 1 saturated heterocycles. The maximum absolute atomic E-state index is 12.6. The van der Waals surface area contributed by atoms with Crippen LogP contribution in [-0.4, -0.2) is 54.6 Å². The highest BCUT2D eigenvalue weighted by molar-refractivity contribution is 7.89. The number of carbonyl (C=O) groups is 1. The number of sulfonamides is 1. The molecule has 1 aliphatic rings. The molecular formula is C19H28N4O4S. The summed E-state index contributed by atoms with van der Waals surface area (Å²) >= 11 is 0. The van der Waals surface area contributed by atoms with Gasteiger partial charge in [-0.1, -0.05) is 13.8 Å². The SMILES string of the molecule is CCCn1c(CCC(=O)N2CCOC(CC)C2)nc2cc(S(N)(=O)=O)ccc21. The highest BCUT2D eigenvalue weighted by Gasteiger charge is 2.23. The fourth-order valence-electron chi connectivity index (χ4n) is 3.57. The quantitative estimate of drug-likeness (QED) is 0.750. The van der Waals surface area contributed by atoms with Crippen molar-refractivity contribution in [3.63, 3.8) is 0 Å². The van der Waals surface area contributed by atoms with E-state index in [1.807, 2.05) is 4.90 Å². The Morgan fingerprint density at radius 2 is 2.14 bits per heavy atom. The summed E-state index contributed by atoms with van der Waals surface area (Å²) in [7, 11) is -3.78. The monoisotopic (exact) mass is 408 g/mol. The average molecular weight is 409 g/mol. The van der Waals surface area contributed by atoms with Crippen LogP contribution in [0.4, 0.5) is 0 Å². The number of ether oxygens (including phenoxy) is 1. The van der Waals surface area contributed by atoms with Crippen LogP contribution < -0.4 is 5.14 Å². The predicted octanol–water partition coefficient (Wildman–Crippen LogP) is 1.66. The number of hydrogen-bond acceptors (Lipinski definition) is 5. The Morgan fingerprint density at radius 3 is 2.82 bits per heavy atom. The van der Waals surface area contributed by atoms with Crippen molar-refractivity contribution in [2.75, 3.05) is 19.7 Å². The summed E-state index contributed by atoms with van der Waals surface area (Å²) in [5, 5.41) is 5.23. The molecule has 3 rings (SSSR count). The normalized spacial score (nSPS) is 18.0. The highest BCUT2D eigenvalue weighted by Crippen LogP contribution is 2.22. The van der Waals surface area contributed by atoms with Gasteiger partial charge in [-0.25, -0.2) is 18.5 Å². The summed E-state index contributed by atoms with van der Waals surface area (Å²) in [5.74, 6) is 0.888. The molecule has 1 fully saturated rings. The van der Waals surface area contributed by atoms with Gasteiger partial charge < -0.3 is 14.2 Å². The van der Waals surface area contributed by atoms with E-state index in [-0.39, 0.29) is 16.9 Å². The molecule has 1 amide bonds. The van der Waals surface area contributed by atoms with Crippen LogP contribution in [0.25, 0.3) is 11.0 Å². The largest absolute Gasteiger partial charge is 0.375 e. The third kappa shape index (κ3) is 4.53. The van der Waals surface area contributed by atoms with E-state index in [2.05, 4.69) is 23.4 Å². The molecule has 154 valence electrons. The van der Waals surface area contributed by atoms with Gasteiger partial charge in [0.25, 0.3) is 0 Å². The summed E-state index contributed by atoms with van der Waals surface area (Å²) in [4.78, 5) is 19.2. The van der Waals surface area contributed by atoms with Crippen LogP contribution in [0.3, 0.4) is 0 Å². The van der Waals surface area contributed by atoms with Crippen LogP contribution in [0.15, 0.2) is 23.1 Å². The molecule has 1 unspecified atom stereocenters. The molecule has 8 nitrogen and oxygen atoms in total. The third-order valence-electron chi connectivity index (χ3n) is 5.08. The van der Waals surface area contributed by atoms with E-state index in [4.69, 9.17) is 9.88 Å². The molecular weight excluding hydrogens is 380 g/mol. The Hall–Kier alpha value is -1.97. The Bertz CT molecular complexity index is 954. The van der Waals surface area contributed by atoms with E-state index in [1.165, 1.54) is 12.1 Å². The fraction of sp³-hybridized carbons (Fsp3) is 0.579. The summed E-state index contributed by atoms with van der Waals surface area (Å²) in [6, 6.07) is 4.73. The van der Waals surface area contributed by atoms with Crippen molar-refractivity contribution < 1.29 is 17.9 Å². The zero-order valence-electron chi connectivity index (χ0n) is 16.4. The van der Waals surface area contributed by atoms with E-state index in [1.54, 1.807) is 6.07 Å². The number of rotatable bonds is 7. The van der Waals surface area contributed by atoms with Gasteiger partial charge in [0.1, 0.15) is 5.82 Å². The second kappa shape index (κ2) is 8.59.